The summed E-state index contributed by atoms with van der Waals surface area (Å²) in [5, 5.41) is 13.9. The molecule has 0 fully saturated rings. The van der Waals surface area contributed by atoms with Crippen LogP contribution in [0.15, 0.2) is 60.8 Å². The molecular formula is C70H134N2O6P+. The van der Waals surface area contributed by atoms with E-state index in [4.69, 9.17) is 9.05 Å². The van der Waals surface area contributed by atoms with E-state index in [2.05, 4.69) is 67.8 Å². The van der Waals surface area contributed by atoms with E-state index >= 15 is 0 Å². The van der Waals surface area contributed by atoms with Gasteiger partial charge < -0.3 is 19.8 Å². The Morgan fingerprint density at radius 2 is 0.734 bits per heavy atom. The van der Waals surface area contributed by atoms with Gasteiger partial charge in [-0.2, -0.15) is 0 Å². The molecule has 3 atom stereocenters. The fourth-order valence-electron chi connectivity index (χ4n) is 10.1. The molecule has 0 aromatic rings. The maximum absolute atomic E-state index is 13.0. The van der Waals surface area contributed by atoms with E-state index in [1.165, 1.54) is 257 Å². The number of amides is 1. The van der Waals surface area contributed by atoms with E-state index in [-0.39, 0.29) is 19.1 Å². The second kappa shape index (κ2) is 60.8. The lowest BCUT2D eigenvalue weighted by atomic mass is 10.0. The summed E-state index contributed by atoms with van der Waals surface area (Å²) in [5.74, 6) is -0.188. The van der Waals surface area contributed by atoms with Crippen molar-refractivity contribution in [2.75, 3.05) is 40.9 Å². The number of aliphatic hydroxyl groups is 1. The van der Waals surface area contributed by atoms with Crippen LogP contribution in [0, 0.1) is 0 Å². The zero-order valence-electron chi connectivity index (χ0n) is 53.1. The van der Waals surface area contributed by atoms with Crippen molar-refractivity contribution in [3.63, 3.8) is 0 Å². The van der Waals surface area contributed by atoms with Gasteiger partial charge in [0.2, 0.25) is 5.91 Å². The van der Waals surface area contributed by atoms with Crippen molar-refractivity contribution in [2.45, 2.75) is 341 Å². The maximum atomic E-state index is 13.0. The number of hydrogen-bond acceptors (Lipinski definition) is 5. The van der Waals surface area contributed by atoms with Gasteiger partial charge in [0.15, 0.2) is 0 Å². The molecule has 3 unspecified atom stereocenters. The van der Waals surface area contributed by atoms with Gasteiger partial charge in [-0.1, -0.05) is 306 Å². The molecule has 0 saturated carbocycles. The minimum absolute atomic E-state index is 0.0531. The molecule has 0 heterocycles. The number of nitrogens with one attached hydrogen (secondary N) is 1. The average molecular weight is 1130 g/mol. The number of rotatable bonds is 63. The number of allylic oxidation sites excluding steroid dienone is 9. The first-order valence-corrected chi connectivity index (χ1v) is 35.7. The summed E-state index contributed by atoms with van der Waals surface area (Å²) in [6.45, 7) is 4.82. The van der Waals surface area contributed by atoms with Crippen LogP contribution >= 0.6 is 7.82 Å². The molecule has 0 aromatic heterocycles. The molecule has 0 bridgehead atoms. The zero-order valence-corrected chi connectivity index (χ0v) is 54.0. The Morgan fingerprint density at radius 3 is 1.09 bits per heavy atom. The standard InChI is InChI=1S/C70H133N2O6P/c1-6-8-10-12-14-16-18-20-22-24-26-28-29-30-31-32-33-34-35-36-37-38-39-40-41-42-43-44-46-48-50-52-54-56-58-60-62-64-70(74)71-68(67-78-79(75,76)77-66-65-72(3,4)5)69(73)63-61-59-57-55-53-51-49-47-45-27-25-23-21-19-17-15-13-11-9-7-2/h31-32,34-35,45,47,53,55,61,63,68-69,73H,6-30,33,36-44,46,48-52,54,56-60,62,64-67H2,1-5H3,(H-,71,74,75,76)/p+1/b32-31-,35-34-,47-45+,55-53+,63-61+. The van der Waals surface area contributed by atoms with Crippen LogP contribution in [-0.4, -0.2) is 73.4 Å². The Labute approximate surface area is 492 Å². The Morgan fingerprint density at radius 1 is 0.430 bits per heavy atom. The smallest absolute Gasteiger partial charge is 0.387 e. The molecule has 0 aliphatic heterocycles. The second-order valence-electron chi connectivity index (χ2n) is 24.5. The number of carbonyl (C=O) groups excluding carboxylic acids is 1. The minimum Gasteiger partial charge on any atom is -0.387 e. The van der Waals surface area contributed by atoms with Crippen LogP contribution in [-0.2, 0) is 18.4 Å². The molecule has 0 aromatic carbocycles. The van der Waals surface area contributed by atoms with Crippen LogP contribution in [0.25, 0.3) is 0 Å². The van der Waals surface area contributed by atoms with Crippen LogP contribution in [0.2, 0.25) is 0 Å². The lowest BCUT2D eigenvalue weighted by Crippen LogP contribution is -2.45. The summed E-state index contributed by atoms with van der Waals surface area (Å²) in [6, 6.07) is -0.872. The van der Waals surface area contributed by atoms with E-state index in [9.17, 15) is 19.4 Å². The number of carbonyl (C=O) groups is 1. The van der Waals surface area contributed by atoms with Gasteiger partial charge >= 0.3 is 7.82 Å². The van der Waals surface area contributed by atoms with Crippen molar-refractivity contribution in [3.8, 4) is 0 Å². The van der Waals surface area contributed by atoms with Gasteiger partial charge in [-0.05, 0) is 77.0 Å². The third kappa shape index (κ3) is 63.6. The third-order valence-corrected chi connectivity index (χ3v) is 16.4. The van der Waals surface area contributed by atoms with Crippen LogP contribution in [0.1, 0.15) is 328 Å². The van der Waals surface area contributed by atoms with Crippen LogP contribution < -0.4 is 5.32 Å². The Kier molecular flexibility index (Phi) is 59.4. The molecule has 0 aliphatic rings. The number of nitrogens with zero attached hydrogens (tertiary/aromatic N) is 1. The molecule has 9 heteroatoms. The van der Waals surface area contributed by atoms with E-state index in [1.54, 1.807) is 6.08 Å². The number of quaternary nitrogens is 1. The molecule has 464 valence electrons. The molecular weight excluding hydrogens is 996 g/mol. The normalized spacial score (nSPS) is 14.1. The van der Waals surface area contributed by atoms with E-state index in [0.29, 0.717) is 17.4 Å². The third-order valence-electron chi connectivity index (χ3n) is 15.4. The van der Waals surface area contributed by atoms with Crippen molar-refractivity contribution in [1.29, 1.82) is 0 Å². The van der Waals surface area contributed by atoms with E-state index < -0.39 is 20.0 Å². The number of aliphatic hydroxyl groups excluding tert-OH is 1. The van der Waals surface area contributed by atoms with Gasteiger partial charge in [0, 0.05) is 6.42 Å². The Hall–Kier alpha value is -1.80. The first kappa shape index (κ1) is 77.2. The molecule has 0 rings (SSSR count). The average Bonchev–Trinajstić information content (AvgIpc) is 3.42. The summed E-state index contributed by atoms with van der Waals surface area (Å²) in [4.78, 5) is 23.4. The van der Waals surface area contributed by atoms with E-state index in [0.717, 1.165) is 51.4 Å². The highest BCUT2D eigenvalue weighted by atomic mass is 31.2. The first-order valence-electron chi connectivity index (χ1n) is 34.2. The molecule has 1 amide bonds. The number of phosphoric ester groups is 1. The topological polar surface area (TPSA) is 105 Å². The zero-order chi connectivity index (χ0) is 57.7. The second-order valence-corrected chi connectivity index (χ2v) is 26.0. The van der Waals surface area contributed by atoms with Gasteiger partial charge in [-0.25, -0.2) is 4.57 Å². The summed E-state index contributed by atoms with van der Waals surface area (Å²) < 4.78 is 23.7. The van der Waals surface area contributed by atoms with Gasteiger partial charge in [0.1, 0.15) is 13.2 Å². The molecule has 0 spiro atoms. The van der Waals surface area contributed by atoms with Gasteiger partial charge in [-0.3, -0.25) is 13.8 Å². The van der Waals surface area contributed by atoms with Gasteiger partial charge in [0.05, 0.1) is 39.9 Å². The summed E-state index contributed by atoms with van der Waals surface area (Å²) in [5.41, 5.74) is 0. The highest BCUT2D eigenvalue weighted by Crippen LogP contribution is 2.43. The molecule has 0 saturated heterocycles. The van der Waals surface area contributed by atoms with Crippen LogP contribution in [0.4, 0.5) is 0 Å². The summed E-state index contributed by atoms with van der Waals surface area (Å²) in [6.07, 6.45) is 83.8. The van der Waals surface area contributed by atoms with Crippen molar-refractivity contribution in [2.24, 2.45) is 0 Å². The maximum Gasteiger partial charge on any atom is 0.472 e. The van der Waals surface area contributed by atoms with Gasteiger partial charge in [-0.15, -0.1) is 0 Å². The highest BCUT2D eigenvalue weighted by Gasteiger charge is 2.28. The largest absolute Gasteiger partial charge is 0.472 e. The van der Waals surface area contributed by atoms with E-state index in [1.807, 2.05) is 27.2 Å². The van der Waals surface area contributed by atoms with Crippen molar-refractivity contribution in [1.82, 2.24) is 5.32 Å². The van der Waals surface area contributed by atoms with Crippen molar-refractivity contribution < 1.29 is 32.9 Å². The van der Waals surface area contributed by atoms with Crippen LogP contribution in [0.3, 0.4) is 0 Å². The molecule has 79 heavy (non-hydrogen) atoms. The number of unbranched alkanes of at least 4 members (excludes halogenated alkanes) is 42. The van der Waals surface area contributed by atoms with Crippen LogP contribution in [0.5, 0.6) is 0 Å². The highest BCUT2D eigenvalue weighted by molar-refractivity contribution is 7.47. The molecule has 0 aliphatic carbocycles. The SMILES string of the molecule is CCCCCCCCCCCC/C=C/CC/C=C/CC/C=C/C(O)C(COP(=O)(O)OCC[N+](C)(C)C)NC(=O)CCCCCCCCCCCCCCCCCCC/C=C\C/C=C\CCCCCCCCCCCCCCC. The Bertz CT molecular complexity index is 1470. The molecule has 8 nitrogen and oxygen atoms in total. The Balaban J connectivity index is 4.04. The quantitative estimate of drug-likeness (QED) is 0.0243. The fraction of sp³-hybridized carbons (Fsp3) is 0.843. The molecule has 3 N–H and O–H groups in total. The first-order chi connectivity index (χ1) is 38.5. The number of hydrogen-bond donors (Lipinski definition) is 3. The predicted octanol–water partition coefficient (Wildman–Crippen LogP) is 21.6. The van der Waals surface area contributed by atoms with Crippen molar-refractivity contribution >= 4 is 13.7 Å². The lowest BCUT2D eigenvalue weighted by molar-refractivity contribution is -0.870. The summed E-state index contributed by atoms with van der Waals surface area (Å²) in [7, 11) is 1.55. The molecule has 0 radical (unpaired) electrons. The fourth-order valence-corrected chi connectivity index (χ4v) is 10.8. The predicted molar refractivity (Wildman–Crippen MR) is 346 cm³/mol. The van der Waals surface area contributed by atoms with Crippen molar-refractivity contribution in [3.05, 3.63) is 60.8 Å². The number of likely N-dealkylation sites (N-methyl/N-ethyl adjacent to an activating group) is 1. The van der Waals surface area contributed by atoms with Gasteiger partial charge in [0.25, 0.3) is 0 Å². The summed E-state index contributed by atoms with van der Waals surface area (Å²) >= 11 is 0. The minimum atomic E-state index is -4.36. The lowest BCUT2D eigenvalue weighted by Gasteiger charge is -2.25. The monoisotopic (exact) mass is 1130 g/mol. The number of phosphoric acid groups is 1.